The molecule has 0 heterocycles. The summed E-state index contributed by atoms with van der Waals surface area (Å²) in [6, 6.07) is 0. The molecule has 0 amide bonds. The van der Waals surface area contributed by atoms with Gasteiger partial charge >= 0.3 is 5.97 Å². The summed E-state index contributed by atoms with van der Waals surface area (Å²) in [6.45, 7) is 17.4. The molecule has 4 heteroatoms. The van der Waals surface area contributed by atoms with Crippen molar-refractivity contribution >= 4 is 14.3 Å². The Morgan fingerprint density at radius 2 is 1.79 bits per heavy atom. The van der Waals surface area contributed by atoms with E-state index in [9.17, 15) is 4.79 Å². The molecule has 3 nitrogen and oxygen atoms in total. The monoisotopic (exact) mass is 286 g/mol. The fourth-order valence-corrected chi connectivity index (χ4v) is 2.91. The molecule has 0 spiro atoms. The Bertz CT molecular complexity index is 327. The number of carbonyl (C=O) groups is 1. The van der Waals surface area contributed by atoms with Crippen molar-refractivity contribution in [3.05, 3.63) is 11.6 Å². The van der Waals surface area contributed by atoms with Crippen molar-refractivity contribution < 1.29 is 14.0 Å². The highest BCUT2D eigenvalue weighted by atomic mass is 28.4. The van der Waals surface area contributed by atoms with Crippen molar-refractivity contribution in [2.45, 2.75) is 72.2 Å². The molecule has 0 aliphatic rings. The molecule has 0 aliphatic carbocycles. The Morgan fingerprint density at radius 3 is 2.16 bits per heavy atom. The van der Waals surface area contributed by atoms with E-state index in [1.807, 2.05) is 13.8 Å². The molecule has 0 aliphatic heterocycles. The number of carbonyl (C=O) groups excluding carboxylic acids is 1. The quantitative estimate of drug-likeness (QED) is 0.415. The molecule has 1 unspecified atom stereocenters. The van der Waals surface area contributed by atoms with E-state index in [1.54, 1.807) is 6.08 Å². The zero-order chi connectivity index (χ0) is 15.3. The molecule has 0 bridgehead atoms. The van der Waals surface area contributed by atoms with Crippen molar-refractivity contribution in [2.75, 3.05) is 6.61 Å². The number of rotatable bonds is 6. The maximum atomic E-state index is 11.5. The van der Waals surface area contributed by atoms with Gasteiger partial charge in [-0.25, -0.2) is 4.79 Å². The van der Waals surface area contributed by atoms with Crippen molar-refractivity contribution in [1.82, 2.24) is 0 Å². The van der Waals surface area contributed by atoms with Crippen LogP contribution in [-0.4, -0.2) is 27.0 Å². The Hall–Kier alpha value is -0.613. The summed E-state index contributed by atoms with van der Waals surface area (Å²) in [6.07, 6.45) is 2.43. The van der Waals surface area contributed by atoms with Crippen molar-refractivity contribution in [3.63, 3.8) is 0 Å². The topological polar surface area (TPSA) is 35.5 Å². The van der Waals surface area contributed by atoms with E-state index in [1.165, 1.54) is 0 Å². The smallest absolute Gasteiger partial charge is 0.330 e. The molecule has 1 atom stereocenters. The van der Waals surface area contributed by atoms with Gasteiger partial charge in [0.15, 0.2) is 8.32 Å². The third-order valence-electron chi connectivity index (χ3n) is 3.75. The molecule has 0 aromatic heterocycles. The van der Waals surface area contributed by atoms with Gasteiger partial charge in [-0.15, -0.1) is 0 Å². The first-order valence-electron chi connectivity index (χ1n) is 7.08. The average Bonchev–Trinajstić information content (AvgIpc) is 2.24. The highest BCUT2D eigenvalue weighted by Crippen LogP contribution is 2.38. The van der Waals surface area contributed by atoms with E-state index in [-0.39, 0.29) is 17.1 Å². The average molecular weight is 286 g/mol. The number of esters is 1. The fourth-order valence-electron chi connectivity index (χ4n) is 1.49. The van der Waals surface area contributed by atoms with Gasteiger partial charge in [0.05, 0.1) is 12.7 Å². The van der Waals surface area contributed by atoms with Crippen molar-refractivity contribution in [1.29, 1.82) is 0 Å². The molecule has 112 valence electrons. The normalized spacial score (nSPS) is 15.3. The van der Waals surface area contributed by atoms with Crippen LogP contribution in [0.5, 0.6) is 0 Å². The largest absolute Gasteiger partial charge is 0.463 e. The molecular formula is C15H30O3Si. The summed E-state index contributed by atoms with van der Waals surface area (Å²) in [5.41, 5.74) is 0.950. The van der Waals surface area contributed by atoms with Crippen molar-refractivity contribution in [2.24, 2.45) is 0 Å². The first-order valence-corrected chi connectivity index (χ1v) is 9.98. The van der Waals surface area contributed by atoms with E-state index in [0.29, 0.717) is 6.61 Å². The first kappa shape index (κ1) is 18.4. The summed E-state index contributed by atoms with van der Waals surface area (Å²) in [4.78, 5) is 11.5. The van der Waals surface area contributed by atoms with Crippen LogP contribution in [0.2, 0.25) is 18.1 Å². The lowest BCUT2D eigenvalue weighted by molar-refractivity contribution is -0.137. The standard InChI is InChI=1S/C15H30O3Si/c1-9-13(12(3)11-14(16)17-10-2)18-19(7,8)15(4,5)6/h11,13H,9-10H2,1-8H3/b12-11+. The van der Waals surface area contributed by atoms with Gasteiger partial charge in [0, 0.05) is 6.08 Å². The molecule has 0 fully saturated rings. The number of hydrogen-bond donors (Lipinski definition) is 0. The Labute approximate surface area is 119 Å². The predicted molar refractivity (Wildman–Crippen MR) is 82.8 cm³/mol. The minimum Gasteiger partial charge on any atom is -0.463 e. The number of ether oxygens (including phenoxy) is 1. The second-order valence-corrected chi connectivity index (χ2v) is 11.2. The van der Waals surface area contributed by atoms with E-state index in [2.05, 4.69) is 40.8 Å². The van der Waals surface area contributed by atoms with Gasteiger partial charge in [-0.1, -0.05) is 27.7 Å². The van der Waals surface area contributed by atoms with Gasteiger partial charge in [-0.05, 0) is 44.0 Å². The van der Waals surface area contributed by atoms with Gasteiger partial charge in [0.2, 0.25) is 0 Å². The SMILES string of the molecule is CCOC(=O)/C=C(\C)C(CC)O[Si](C)(C)C(C)(C)C. The molecule has 0 aromatic rings. The summed E-state index contributed by atoms with van der Waals surface area (Å²) in [7, 11) is -1.81. The Balaban J connectivity index is 4.90. The van der Waals surface area contributed by atoms with Crippen LogP contribution in [0.25, 0.3) is 0 Å². The Morgan fingerprint density at radius 1 is 1.26 bits per heavy atom. The van der Waals surface area contributed by atoms with E-state index < -0.39 is 8.32 Å². The highest BCUT2D eigenvalue weighted by molar-refractivity contribution is 6.74. The van der Waals surface area contributed by atoms with Crippen molar-refractivity contribution in [3.8, 4) is 0 Å². The van der Waals surface area contributed by atoms with Gasteiger partial charge in [-0.2, -0.15) is 0 Å². The van der Waals surface area contributed by atoms with Gasteiger partial charge in [0.25, 0.3) is 0 Å². The zero-order valence-corrected chi connectivity index (χ0v) is 14.8. The minimum absolute atomic E-state index is 0.00491. The lowest BCUT2D eigenvalue weighted by Gasteiger charge is -2.39. The van der Waals surface area contributed by atoms with Crippen LogP contribution in [0.4, 0.5) is 0 Å². The fraction of sp³-hybridized carbons (Fsp3) is 0.800. The summed E-state index contributed by atoms with van der Waals surface area (Å²) in [5.74, 6) is -0.280. The lowest BCUT2D eigenvalue weighted by Crippen LogP contribution is -2.44. The van der Waals surface area contributed by atoms with Crippen LogP contribution in [0.3, 0.4) is 0 Å². The van der Waals surface area contributed by atoms with E-state index >= 15 is 0 Å². The van der Waals surface area contributed by atoms with Gasteiger partial charge in [0.1, 0.15) is 0 Å². The van der Waals surface area contributed by atoms with Crippen LogP contribution < -0.4 is 0 Å². The van der Waals surface area contributed by atoms with Gasteiger partial charge in [-0.3, -0.25) is 0 Å². The van der Waals surface area contributed by atoms with Gasteiger partial charge < -0.3 is 9.16 Å². The maximum absolute atomic E-state index is 11.5. The minimum atomic E-state index is -1.81. The lowest BCUT2D eigenvalue weighted by atomic mass is 10.1. The van der Waals surface area contributed by atoms with Crippen LogP contribution in [0.15, 0.2) is 11.6 Å². The molecule has 0 aromatic carbocycles. The van der Waals surface area contributed by atoms with Crippen LogP contribution >= 0.6 is 0 Å². The molecule has 0 saturated heterocycles. The molecule has 0 saturated carbocycles. The van der Waals surface area contributed by atoms with Crippen LogP contribution in [0, 0.1) is 0 Å². The number of hydrogen-bond acceptors (Lipinski definition) is 3. The molecule has 0 N–H and O–H groups in total. The first-order chi connectivity index (χ1) is 8.55. The molecular weight excluding hydrogens is 256 g/mol. The maximum Gasteiger partial charge on any atom is 0.330 e. The van der Waals surface area contributed by atoms with Crippen LogP contribution in [-0.2, 0) is 14.0 Å². The summed E-state index contributed by atoms with van der Waals surface area (Å²) in [5, 5.41) is 0.171. The predicted octanol–water partition coefficient (Wildman–Crippen LogP) is 4.30. The van der Waals surface area contributed by atoms with Crippen LogP contribution in [0.1, 0.15) is 48.0 Å². The second kappa shape index (κ2) is 7.24. The van der Waals surface area contributed by atoms with E-state index in [0.717, 1.165) is 12.0 Å². The second-order valence-electron chi connectivity index (χ2n) is 6.42. The highest BCUT2D eigenvalue weighted by Gasteiger charge is 2.39. The molecule has 19 heavy (non-hydrogen) atoms. The third kappa shape index (κ3) is 5.91. The summed E-state index contributed by atoms with van der Waals surface area (Å²) < 4.78 is 11.3. The molecule has 0 rings (SSSR count). The zero-order valence-electron chi connectivity index (χ0n) is 13.8. The summed E-state index contributed by atoms with van der Waals surface area (Å²) >= 11 is 0. The van der Waals surface area contributed by atoms with E-state index in [4.69, 9.17) is 9.16 Å². The third-order valence-corrected chi connectivity index (χ3v) is 8.24. The Kier molecular flexibility index (Phi) is 7.01. The molecule has 0 radical (unpaired) electrons.